The minimum Gasteiger partial charge on any atom is -0.478 e. The fourth-order valence-electron chi connectivity index (χ4n) is 1.90. The minimum absolute atomic E-state index is 0.851. The average Bonchev–Trinajstić information content (AvgIpc) is 2.43. The molecule has 0 radical (unpaired) electrons. The van der Waals surface area contributed by atoms with Gasteiger partial charge in [0.15, 0.2) is 0 Å². The lowest BCUT2D eigenvalue weighted by Gasteiger charge is -1.94. The third kappa shape index (κ3) is 16.7. The standard InChI is InChI=1S/C18H30O2/c1-2-3-4-5-6-7-8-9-10-11-12-13-14-15-16-17-18(19)20/h6-7,9-10,16-17H,2-5,8,11-15H2,1H3,(H,19,20)/b7-6+,10-9+,17-16+. The van der Waals surface area contributed by atoms with Crippen LogP contribution in [0.4, 0.5) is 0 Å². The second-order valence-electron chi connectivity index (χ2n) is 5.05. The number of carbonyl (C=O) groups is 1. The molecule has 0 aromatic heterocycles. The number of unbranched alkanes of at least 4 members (excludes halogenated alkanes) is 7. The fourth-order valence-corrected chi connectivity index (χ4v) is 1.90. The Hall–Kier alpha value is -1.31. The van der Waals surface area contributed by atoms with Crippen molar-refractivity contribution in [2.24, 2.45) is 0 Å². The predicted molar refractivity (Wildman–Crippen MR) is 86.9 cm³/mol. The van der Waals surface area contributed by atoms with Crippen LogP contribution in [0.5, 0.6) is 0 Å². The topological polar surface area (TPSA) is 37.3 Å². The Balaban J connectivity index is 3.25. The van der Waals surface area contributed by atoms with Crippen LogP contribution in [0.3, 0.4) is 0 Å². The van der Waals surface area contributed by atoms with Crippen molar-refractivity contribution in [1.29, 1.82) is 0 Å². The average molecular weight is 278 g/mol. The van der Waals surface area contributed by atoms with E-state index < -0.39 is 5.97 Å². The Kier molecular flexibility index (Phi) is 14.7. The molecule has 0 spiro atoms. The molecule has 20 heavy (non-hydrogen) atoms. The quantitative estimate of drug-likeness (QED) is 0.268. The summed E-state index contributed by atoms with van der Waals surface area (Å²) in [5.74, 6) is -0.851. The Bertz CT molecular complexity index is 301. The van der Waals surface area contributed by atoms with Crippen LogP contribution in [0.15, 0.2) is 36.5 Å². The molecule has 0 rings (SSSR count). The van der Waals surface area contributed by atoms with Crippen LogP contribution in [0.1, 0.15) is 71.1 Å². The Labute approximate surface area is 124 Å². The molecule has 2 nitrogen and oxygen atoms in total. The van der Waals surface area contributed by atoms with E-state index in [0.29, 0.717) is 0 Å². The first-order valence-electron chi connectivity index (χ1n) is 7.96. The summed E-state index contributed by atoms with van der Waals surface area (Å²) in [6.45, 7) is 2.23. The highest BCUT2D eigenvalue weighted by atomic mass is 16.4. The zero-order valence-corrected chi connectivity index (χ0v) is 12.9. The van der Waals surface area contributed by atoms with Gasteiger partial charge in [0.05, 0.1) is 0 Å². The molecule has 0 fully saturated rings. The van der Waals surface area contributed by atoms with Crippen molar-refractivity contribution in [2.45, 2.75) is 71.1 Å². The Morgan fingerprint density at radius 1 is 0.800 bits per heavy atom. The van der Waals surface area contributed by atoms with Crippen LogP contribution >= 0.6 is 0 Å². The highest BCUT2D eigenvalue weighted by Crippen LogP contribution is 2.05. The smallest absolute Gasteiger partial charge is 0.327 e. The van der Waals surface area contributed by atoms with Gasteiger partial charge in [-0.15, -0.1) is 0 Å². The van der Waals surface area contributed by atoms with Crippen molar-refractivity contribution in [3.8, 4) is 0 Å². The lowest BCUT2D eigenvalue weighted by molar-refractivity contribution is -0.131. The summed E-state index contributed by atoms with van der Waals surface area (Å²) >= 11 is 0. The summed E-state index contributed by atoms with van der Waals surface area (Å²) in [6.07, 6.45) is 23.6. The van der Waals surface area contributed by atoms with Gasteiger partial charge in [-0.25, -0.2) is 4.79 Å². The largest absolute Gasteiger partial charge is 0.478 e. The highest BCUT2D eigenvalue weighted by molar-refractivity contribution is 5.79. The van der Waals surface area contributed by atoms with Crippen molar-refractivity contribution in [2.75, 3.05) is 0 Å². The lowest BCUT2D eigenvalue weighted by atomic mass is 10.1. The maximum Gasteiger partial charge on any atom is 0.327 e. The van der Waals surface area contributed by atoms with Gasteiger partial charge in [-0.3, -0.25) is 0 Å². The number of carboxylic acids is 1. The number of rotatable bonds is 13. The second kappa shape index (κ2) is 15.7. The molecule has 1 N–H and O–H groups in total. The molecule has 0 aliphatic rings. The molecule has 0 atom stereocenters. The van der Waals surface area contributed by atoms with Gasteiger partial charge in [0.25, 0.3) is 0 Å². The minimum atomic E-state index is -0.851. The van der Waals surface area contributed by atoms with E-state index in [4.69, 9.17) is 5.11 Å². The molecular formula is C18H30O2. The number of hydrogen-bond acceptors (Lipinski definition) is 1. The van der Waals surface area contributed by atoms with Crippen LogP contribution in [0.25, 0.3) is 0 Å². The molecule has 0 aromatic carbocycles. The van der Waals surface area contributed by atoms with Crippen LogP contribution < -0.4 is 0 Å². The summed E-state index contributed by atoms with van der Waals surface area (Å²) in [4.78, 5) is 10.2. The third-order valence-corrected chi connectivity index (χ3v) is 3.08. The van der Waals surface area contributed by atoms with Gasteiger partial charge >= 0.3 is 5.97 Å². The van der Waals surface area contributed by atoms with E-state index in [0.717, 1.165) is 25.7 Å². The number of aliphatic carboxylic acids is 1. The summed E-state index contributed by atoms with van der Waals surface area (Å²) in [5.41, 5.74) is 0. The maximum absolute atomic E-state index is 10.2. The van der Waals surface area contributed by atoms with E-state index >= 15 is 0 Å². The molecule has 114 valence electrons. The maximum atomic E-state index is 10.2. The zero-order valence-electron chi connectivity index (χ0n) is 12.9. The summed E-state index contributed by atoms with van der Waals surface area (Å²) in [6, 6.07) is 0. The van der Waals surface area contributed by atoms with Crippen molar-refractivity contribution >= 4 is 5.97 Å². The van der Waals surface area contributed by atoms with E-state index in [2.05, 4.69) is 31.2 Å². The van der Waals surface area contributed by atoms with Crippen molar-refractivity contribution < 1.29 is 9.90 Å². The van der Waals surface area contributed by atoms with Gasteiger partial charge in [-0.2, -0.15) is 0 Å². The van der Waals surface area contributed by atoms with Gasteiger partial charge < -0.3 is 5.11 Å². The highest BCUT2D eigenvalue weighted by Gasteiger charge is 1.88. The number of hydrogen-bond donors (Lipinski definition) is 1. The third-order valence-electron chi connectivity index (χ3n) is 3.08. The molecule has 0 saturated heterocycles. The van der Waals surface area contributed by atoms with Gasteiger partial charge in [0.2, 0.25) is 0 Å². The van der Waals surface area contributed by atoms with Crippen molar-refractivity contribution in [1.82, 2.24) is 0 Å². The fraction of sp³-hybridized carbons (Fsp3) is 0.611. The molecule has 0 aliphatic carbocycles. The monoisotopic (exact) mass is 278 g/mol. The summed E-state index contributed by atoms with van der Waals surface area (Å²) < 4.78 is 0. The molecule has 0 amide bonds. The molecular weight excluding hydrogens is 248 g/mol. The normalized spacial score (nSPS) is 12.1. The molecule has 0 aliphatic heterocycles. The molecule has 0 heterocycles. The number of carboxylic acid groups (broad SMARTS) is 1. The van der Waals surface area contributed by atoms with Gasteiger partial charge in [0, 0.05) is 6.08 Å². The second-order valence-corrected chi connectivity index (χ2v) is 5.05. The van der Waals surface area contributed by atoms with Gasteiger partial charge in [-0.05, 0) is 44.9 Å². The molecule has 0 bridgehead atoms. The van der Waals surface area contributed by atoms with Crippen LogP contribution in [0, 0.1) is 0 Å². The van der Waals surface area contributed by atoms with E-state index in [1.165, 1.54) is 44.6 Å². The van der Waals surface area contributed by atoms with Crippen molar-refractivity contribution in [3.63, 3.8) is 0 Å². The SMILES string of the molecule is CCCCC/C=C/C/C=C/CCCCC/C=C/C(=O)O. The van der Waals surface area contributed by atoms with E-state index in [9.17, 15) is 4.79 Å². The van der Waals surface area contributed by atoms with Gasteiger partial charge in [0.1, 0.15) is 0 Å². The summed E-state index contributed by atoms with van der Waals surface area (Å²) in [5, 5.41) is 8.42. The summed E-state index contributed by atoms with van der Waals surface area (Å²) in [7, 11) is 0. The zero-order chi connectivity index (χ0) is 14.9. The van der Waals surface area contributed by atoms with E-state index in [-0.39, 0.29) is 0 Å². The van der Waals surface area contributed by atoms with Crippen LogP contribution in [-0.2, 0) is 4.79 Å². The first kappa shape index (κ1) is 18.7. The molecule has 0 aromatic rings. The number of allylic oxidation sites excluding steroid dienone is 5. The van der Waals surface area contributed by atoms with Crippen LogP contribution in [-0.4, -0.2) is 11.1 Å². The molecule has 0 unspecified atom stereocenters. The first-order valence-corrected chi connectivity index (χ1v) is 7.96. The lowest BCUT2D eigenvalue weighted by Crippen LogP contribution is -1.85. The Morgan fingerprint density at radius 3 is 1.90 bits per heavy atom. The molecule has 2 heteroatoms. The van der Waals surface area contributed by atoms with Crippen LogP contribution in [0.2, 0.25) is 0 Å². The van der Waals surface area contributed by atoms with Gasteiger partial charge in [-0.1, -0.05) is 56.6 Å². The van der Waals surface area contributed by atoms with E-state index in [1.807, 2.05) is 0 Å². The molecule has 0 saturated carbocycles. The predicted octanol–water partition coefficient (Wildman–Crippen LogP) is 5.66. The van der Waals surface area contributed by atoms with E-state index in [1.54, 1.807) is 6.08 Å². The van der Waals surface area contributed by atoms with Crippen molar-refractivity contribution in [3.05, 3.63) is 36.5 Å². The Morgan fingerprint density at radius 2 is 1.35 bits per heavy atom. The first-order chi connectivity index (χ1) is 9.77.